The molecule has 0 fully saturated rings. The smallest absolute Gasteiger partial charge is 0.229 e. The van der Waals surface area contributed by atoms with E-state index < -0.39 is 0 Å². The lowest BCUT2D eigenvalue weighted by Crippen LogP contribution is -2.17. The molecule has 1 N–H and O–H groups in total. The van der Waals surface area contributed by atoms with E-state index >= 15 is 0 Å². The molecule has 7 heteroatoms. The van der Waals surface area contributed by atoms with Crippen LogP contribution in [0.4, 0.5) is 5.82 Å². The molecule has 3 rings (SSSR count). The number of methoxy groups -OCH3 is 3. The molecule has 0 aliphatic rings. The van der Waals surface area contributed by atoms with E-state index in [-0.39, 0.29) is 12.3 Å². The molecule has 1 heterocycles. The number of amides is 1. The van der Waals surface area contributed by atoms with Crippen molar-refractivity contribution in [3.63, 3.8) is 0 Å². The maximum absolute atomic E-state index is 12.8. The monoisotopic (exact) mass is 409 g/mol. The van der Waals surface area contributed by atoms with Crippen LogP contribution >= 0.6 is 0 Å². The van der Waals surface area contributed by atoms with Crippen molar-refractivity contribution < 1.29 is 19.0 Å². The van der Waals surface area contributed by atoms with Crippen LogP contribution in [0.3, 0.4) is 0 Å². The zero-order valence-corrected chi connectivity index (χ0v) is 18.2. The highest BCUT2D eigenvalue weighted by atomic mass is 16.5. The van der Waals surface area contributed by atoms with E-state index in [1.165, 1.54) is 0 Å². The average molecular weight is 409 g/mol. The van der Waals surface area contributed by atoms with Gasteiger partial charge in [-0.15, -0.1) is 0 Å². The summed E-state index contributed by atoms with van der Waals surface area (Å²) in [5.74, 6) is 1.96. The number of hydrogen-bond donors (Lipinski definition) is 1. The zero-order valence-electron chi connectivity index (χ0n) is 18.2. The highest BCUT2D eigenvalue weighted by Gasteiger charge is 2.16. The van der Waals surface area contributed by atoms with Gasteiger partial charge in [0.05, 0.1) is 39.1 Å². The maximum atomic E-state index is 12.8. The zero-order chi connectivity index (χ0) is 21.8. The molecule has 0 spiro atoms. The first-order chi connectivity index (χ1) is 14.3. The number of carbonyl (C=O) groups is 1. The molecule has 0 radical (unpaired) electrons. The van der Waals surface area contributed by atoms with Crippen LogP contribution < -0.4 is 19.5 Å². The number of rotatable bonds is 7. The van der Waals surface area contributed by atoms with Gasteiger partial charge in [-0.1, -0.05) is 6.07 Å². The Morgan fingerprint density at radius 3 is 2.03 bits per heavy atom. The highest BCUT2D eigenvalue weighted by molar-refractivity contribution is 5.92. The van der Waals surface area contributed by atoms with Gasteiger partial charge < -0.3 is 19.5 Å². The van der Waals surface area contributed by atoms with Crippen LogP contribution in [-0.2, 0) is 11.2 Å². The van der Waals surface area contributed by atoms with E-state index in [2.05, 4.69) is 16.5 Å². The second-order valence-corrected chi connectivity index (χ2v) is 7.19. The summed E-state index contributed by atoms with van der Waals surface area (Å²) in [6.07, 6.45) is 0.147. The molecule has 0 bridgehead atoms. The minimum Gasteiger partial charge on any atom is -0.493 e. The van der Waals surface area contributed by atoms with Crippen LogP contribution in [0.5, 0.6) is 17.2 Å². The van der Waals surface area contributed by atoms with Gasteiger partial charge >= 0.3 is 0 Å². The van der Waals surface area contributed by atoms with Crippen LogP contribution in [0.15, 0.2) is 36.4 Å². The van der Waals surface area contributed by atoms with Crippen molar-refractivity contribution in [3.8, 4) is 22.9 Å². The van der Waals surface area contributed by atoms with Gasteiger partial charge in [-0.05, 0) is 61.7 Å². The first-order valence-electron chi connectivity index (χ1n) is 9.58. The second-order valence-electron chi connectivity index (χ2n) is 7.19. The topological polar surface area (TPSA) is 74.6 Å². The fourth-order valence-electron chi connectivity index (χ4n) is 3.47. The quantitative estimate of drug-likeness (QED) is 0.638. The Balaban J connectivity index is 1.86. The van der Waals surface area contributed by atoms with Crippen molar-refractivity contribution in [3.05, 3.63) is 58.8 Å². The molecule has 158 valence electrons. The van der Waals surface area contributed by atoms with Gasteiger partial charge in [0, 0.05) is 6.07 Å². The number of carbonyl (C=O) groups excluding carboxylic acids is 1. The Hall–Kier alpha value is -3.48. The number of anilines is 1. The van der Waals surface area contributed by atoms with Crippen molar-refractivity contribution in [2.24, 2.45) is 0 Å². The minimum absolute atomic E-state index is 0.147. The van der Waals surface area contributed by atoms with E-state index in [1.54, 1.807) is 38.1 Å². The molecule has 0 unspecified atom stereocenters. The predicted molar refractivity (Wildman–Crippen MR) is 116 cm³/mol. The van der Waals surface area contributed by atoms with Gasteiger partial charge in [0.15, 0.2) is 11.5 Å². The van der Waals surface area contributed by atoms with E-state index in [4.69, 9.17) is 14.2 Å². The molecule has 1 aromatic heterocycles. The van der Waals surface area contributed by atoms with Gasteiger partial charge in [-0.3, -0.25) is 4.79 Å². The molecule has 3 aromatic rings. The Bertz CT molecular complexity index is 1030. The van der Waals surface area contributed by atoms with Gasteiger partial charge in [0.25, 0.3) is 0 Å². The summed E-state index contributed by atoms with van der Waals surface area (Å²) in [6.45, 7) is 5.97. The molecule has 7 nitrogen and oxygen atoms in total. The lowest BCUT2D eigenvalue weighted by molar-refractivity contribution is -0.115. The fraction of sp³-hybridized carbons (Fsp3) is 0.304. The van der Waals surface area contributed by atoms with Gasteiger partial charge in [0.1, 0.15) is 5.82 Å². The Labute approximate surface area is 176 Å². The minimum atomic E-state index is -0.171. The van der Waals surface area contributed by atoms with E-state index in [0.29, 0.717) is 23.1 Å². The number of ether oxygens (including phenoxy) is 3. The summed E-state index contributed by atoms with van der Waals surface area (Å²) in [7, 11) is 4.64. The van der Waals surface area contributed by atoms with Gasteiger partial charge in [-0.25, -0.2) is 4.68 Å². The fourth-order valence-corrected chi connectivity index (χ4v) is 3.47. The summed E-state index contributed by atoms with van der Waals surface area (Å²) in [6, 6.07) is 11.6. The van der Waals surface area contributed by atoms with Crippen molar-refractivity contribution in [1.29, 1.82) is 0 Å². The number of hydrogen-bond acceptors (Lipinski definition) is 5. The molecule has 30 heavy (non-hydrogen) atoms. The van der Waals surface area contributed by atoms with Crippen LogP contribution in [-0.4, -0.2) is 37.0 Å². The largest absolute Gasteiger partial charge is 0.493 e. The van der Waals surface area contributed by atoms with Crippen molar-refractivity contribution in [1.82, 2.24) is 9.78 Å². The maximum Gasteiger partial charge on any atom is 0.229 e. The normalized spacial score (nSPS) is 10.6. The molecule has 0 saturated carbocycles. The summed E-state index contributed by atoms with van der Waals surface area (Å²) in [4.78, 5) is 12.8. The first-order valence-corrected chi connectivity index (χ1v) is 9.58. The molecule has 0 atom stereocenters. The number of nitrogens with one attached hydrogen (secondary N) is 1. The summed E-state index contributed by atoms with van der Waals surface area (Å²) < 4.78 is 17.8. The third-order valence-corrected chi connectivity index (χ3v) is 4.64. The lowest BCUT2D eigenvalue weighted by atomic mass is 10.1. The van der Waals surface area contributed by atoms with Crippen LogP contribution in [0.2, 0.25) is 0 Å². The van der Waals surface area contributed by atoms with E-state index in [1.807, 2.05) is 39.0 Å². The third-order valence-electron chi connectivity index (χ3n) is 4.64. The number of benzene rings is 2. The van der Waals surface area contributed by atoms with Crippen molar-refractivity contribution in [2.75, 3.05) is 26.6 Å². The number of nitrogens with zero attached hydrogens (tertiary/aromatic N) is 2. The standard InChI is InChI=1S/C23H27N3O4/c1-14-7-15(2)9-18(8-14)26-21(10-16(3)25-26)24-22(27)13-17-11-19(28-4)23(30-6)20(12-17)29-5/h7-12H,13H2,1-6H3,(H,24,27). The molecule has 1 amide bonds. The van der Waals surface area contributed by atoms with Crippen LogP contribution in [0.1, 0.15) is 22.4 Å². The molecule has 0 aliphatic carbocycles. The van der Waals surface area contributed by atoms with Crippen molar-refractivity contribution >= 4 is 11.7 Å². The van der Waals surface area contributed by atoms with Crippen LogP contribution in [0.25, 0.3) is 5.69 Å². The summed E-state index contributed by atoms with van der Waals surface area (Å²) in [5.41, 5.74) is 4.73. The molecular formula is C23H27N3O4. The molecule has 2 aromatic carbocycles. The van der Waals surface area contributed by atoms with E-state index in [9.17, 15) is 4.79 Å². The third kappa shape index (κ3) is 4.56. The summed E-state index contributed by atoms with van der Waals surface area (Å²) >= 11 is 0. The SMILES string of the molecule is COc1cc(CC(=O)Nc2cc(C)nn2-c2cc(C)cc(C)c2)cc(OC)c1OC. The lowest BCUT2D eigenvalue weighted by Gasteiger charge is -2.14. The van der Waals surface area contributed by atoms with E-state index in [0.717, 1.165) is 28.1 Å². The Morgan fingerprint density at radius 2 is 1.50 bits per heavy atom. The predicted octanol–water partition coefficient (Wildman–Crippen LogP) is 4.00. The van der Waals surface area contributed by atoms with Gasteiger partial charge in [-0.2, -0.15) is 5.10 Å². The Morgan fingerprint density at radius 1 is 0.900 bits per heavy atom. The molecule has 0 aliphatic heterocycles. The number of aryl methyl sites for hydroxylation is 3. The second kappa shape index (κ2) is 8.90. The summed E-state index contributed by atoms with van der Waals surface area (Å²) in [5, 5.41) is 7.52. The highest BCUT2D eigenvalue weighted by Crippen LogP contribution is 2.38. The average Bonchev–Trinajstić information content (AvgIpc) is 3.06. The molecule has 0 saturated heterocycles. The Kier molecular flexibility index (Phi) is 6.30. The first kappa shape index (κ1) is 21.2. The number of aromatic nitrogens is 2. The van der Waals surface area contributed by atoms with Crippen LogP contribution in [0, 0.1) is 20.8 Å². The van der Waals surface area contributed by atoms with Gasteiger partial charge in [0.2, 0.25) is 11.7 Å². The van der Waals surface area contributed by atoms with Crippen molar-refractivity contribution in [2.45, 2.75) is 27.2 Å². The molecular weight excluding hydrogens is 382 g/mol.